The number of nitrogen functional groups attached to an aromatic ring is 1. The molecular formula is C18H15BrN2. The molecule has 1 aliphatic heterocycles. The maximum absolute atomic E-state index is 5.88. The van der Waals surface area contributed by atoms with Gasteiger partial charge in [0.1, 0.15) is 0 Å². The molecule has 0 aromatic heterocycles. The first-order valence-electron chi connectivity index (χ1n) is 7.00. The summed E-state index contributed by atoms with van der Waals surface area (Å²) in [4.78, 5) is 2.39. The molecule has 21 heavy (non-hydrogen) atoms. The lowest BCUT2D eigenvalue weighted by Gasteiger charge is -2.18. The van der Waals surface area contributed by atoms with Gasteiger partial charge in [-0.2, -0.15) is 0 Å². The molecule has 0 amide bonds. The maximum Gasteiger partial charge on any atom is 0.0437 e. The number of fused-ring (bicyclic) bond motifs is 2. The van der Waals surface area contributed by atoms with Gasteiger partial charge < -0.3 is 10.6 Å². The molecule has 2 nitrogen and oxygen atoms in total. The van der Waals surface area contributed by atoms with Crippen molar-refractivity contribution in [1.82, 2.24) is 0 Å². The van der Waals surface area contributed by atoms with Crippen LogP contribution in [0.5, 0.6) is 0 Å². The Bertz CT molecular complexity index is 842. The molecule has 104 valence electrons. The SMILES string of the molecule is Nc1ccc2c(c1)CN(c1ccc3cc(Br)ccc3c1)C2. The minimum Gasteiger partial charge on any atom is -0.399 e. The molecule has 4 rings (SSSR count). The van der Waals surface area contributed by atoms with Gasteiger partial charge in [-0.05, 0) is 58.3 Å². The van der Waals surface area contributed by atoms with E-state index in [1.165, 1.54) is 27.6 Å². The van der Waals surface area contributed by atoms with E-state index < -0.39 is 0 Å². The topological polar surface area (TPSA) is 29.3 Å². The van der Waals surface area contributed by atoms with Crippen molar-refractivity contribution in [3.8, 4) is 0 Å². The summed E-state index contributed by atoms with van der Waals surface area (Å²) in [5, 5.41) is 2.53. The monoisotopic (exact) mass is 338 g/mol. The molecule has 0 spiro atoms. The van der Waals surface area contributed by atoms with E-state index >= 15 is 0 Å². The predicted octanol–water partition coefficient (Wildman–Crippen LogP) is 4.70. The highest BCUT2D eigenvalue weighted by Gasteiger charge is 2.19. The Morgan fingerprint density at radius 1 is 0.810 bits per heavy atom. The number of rotatable bonds is 1. The number of anilines is 2. The van der Waals surface area contributed by atoms with Crippen molar-refractivity contribution in [2.45, 2.75) is 13.1 Å². The molecule has 0 atom stereocenters. The van der Waals surface area contributed by atoms with E-state index in [2.05, 4.69) is 69.4 Å². The van der Waals surface area contributed by atoms with Crippen molar-refractivity contribution in [2.75, 3.05) is 10.6 Å². The van der Waals surface area contributed by atoms with Crippen LogP contribution < -0.4 is 10.6 Å². The van der Waals surface area contributed by atoms with Gasteiger partial charge >= 0.3 is 0 Å². The molecule has 3 aromatic rings. The molecule has 0 unspecified atom stereocenters. The van der Waals surface area contributed by atoms with Crippen molar-refractivity contribution >= 4 is 38.1 Å². The number of hydrogen-bond donors (Lipinski definition) is 1. The lowest BCUT2D eigenvalue weighted by Crippen LogP contribution is -2.14. The minimum absolute atomic E-state index is 0.846. The van der Waals surface area contributed by atoms with Crippen molar-refractivity contribution < 1.29 is 0 Å². The normalized spacial score (nSPS) is 13.7. The molecule has 2 N–H and O–H groups in total. The van der Waals surface area contributed by atoms with Crippen molar-refractivity contribution in [3.63, 3.8) is 0 Å². The van der Waals surface area contributed by atoms with Crippen LogP contribution in [0, 0.1) is 0 Å². The zero-order chi connectivity index (χ0) is 14.4. The second kappa shape index (κ2) is 4.78. The van der Waals surface area contributed by atoms with Gasteiger partial charge in [-0.3, -0.25) is 0 Å². The standard InChI is InChI=1S/C18H15BrN2/c19-16-4-1-13-9-18(6-3-12(13)7-16)21-10-14-2-5-17(20)8-15(14)11-21/h1-9H,10-11,20H2. The molecule has 0 radical (unpaired) electrons. The lowest BCUT2D eigenvalue weighted by molar-refractivity contribution is 0.882. The molecule has 3 heteroatoms. The number of benzene rings is 3. The van der Waals surface area contributed by atoms with Gasteiger partial charge in [-0.25, -0.2) is 0 Å². The van der Waals surface area contributed by atoms with Crippen molar-refractivity contribution in [3.05, 3.63) is 70.2 Å². The average molecular weight is 339 g/mol. The van der Waals surface area contributed by atoms with Crippen LogP contribution in [-0.4, -0.2) is 0 Å². The fourth-order valence-corrected chi connectivity index (χ4v) is 3.38. The molecular weight excluding hydrogens is 324 g/mol. The Balaban J connectivity index is 1.70. The van der Waals surface area contributed by atoms with Crippen LogP contribution in [0.25, 0.3) is 10.8 Å². The first kappa shape index (κ1) is 12.7. The van der Waals surface area contributed by atoms with Gasteiger partial charge in [0, 0.05) is 28.9 Å². The second-order valence-electron chi connectivity index (χ2n) is 5.56. The number of hydrogen-bond acceptors (Lipinski definition) is 2. The summed E-state index contributed by atoms with van der Waals surface area (Å²) in [6, 6.07) is 19.3. The molecule has 1 aliphatic rings. The first-order valence-corrected chi connectivity index (χ1v) is 7.80. The second-order valence-corrected chi connectivity index (χ2v) is 6.48. The third-order valence-electron chi connectivity index (χ3n) is 4.10. The summed E-state index contributed by atoms with van der Waals surface area (Å²) in [7, 11) is 0. The zero-order valence-corrected chi connectivity index (χ0v) is 13.1. The highest BCUT2D eigenvalue weighted by atomic mass is 79.9. The van der Waals surface area contributed by atoms with Gasteiger partial charge in [-0.1, -0.05) is 34.1 Å². The van der Waals surface area contributed by atoms with Crippen LogP contribution in [-0.2, 0) is 13.1 Å². The van der Waals surface area contributed by atoms with Crippen LogP contribution in [0.1, 0.15) is 11.1 Å². The lowest BCUT2D eigenvalue weighted by atomic mass is 10.1. The molecule has 3 aromatic carbocycles. The first-order chi connectivity index (χ1) is 10.2. The Morgan fingerprint density at radius 3 is 2.48 bits per heavy atom. The van der Waals surface area contributed by atoms with Gasteiger partial charge in [0.2, 0.25) is 0 Å². The van der Waals surface area contributed by atoms with E-state index in [1.54, 1.807) is 0 Å². The highest BCUT2D eigenvalue weighted by Crippen LogP contribution is 2.31. The summed E-state index contributed by atoms with van der Waals surface area (Å²) in [5.41, 5.74) is 10.7. The van der Waals surface area contributed by atoms with Gasteiger partial charge in [-0.15, -0.1) is 0 Å². The smallest absolute Gasteiger partial charge is 0.0437 e. The van der Waals surface area contributed by atoms with Crippen LogP contribution in [0.4, 0.5) is 11.4 Å². The van der Waals surface area contributed by atoms with Gasteiger partial charge in [0.15, 0.2) is 0 Å². The molecule has 0 bridgehead atoms. The Morgan fingerprint density at radius 2 is 1.57 bits per heavy atom. The molecule has 0 fully saturated rings. The molecule has 0 saturated heterocycles. The van der Waals surface area contributed by atoms with E-state index in [0.29, 0.717) is 0 Å². The summed E-state index contributed by atoms with van der Waals surface area (Å²) in [5.74, 6) is 0. The fourth-order valence-electron chi connectivity index (χ4n) is 3.00. The summed E-state index contributed by atoms with van der Waals surface area (Å²) in [6.07, 6.45) is 0. The summed E-state index contributed by atoms with van der Waals surface area (Å²) < 4.78 is 1.12. The quantitative estimate of drug-likeness (QED) is 0.651. The van der Waals surface area contributed by atoms with Crippen LogP contribution >= 0.6 is 15.9 Å². The minimum atomic E-state index is 0.846. The van der Waals surface area contributed by atoms with Crippen molar-refractivity contribution in [1.29, 1.82) is 0 Å². The zero-order valence-electron chi connectivity index (χ0n) is 11.5. The molecule has 0 aliphatic carbocycles. The van der Waals surface area contributed by atoms with E-state index in [9.17, 15) is 0 Å². The largest absolute Gasteiger partial charge is 0.399 e. The van der Waals surface area contributed by atoms with Crippen LogP contribution in [0.15, 0.2) is 59.1 Å². The highest BCUT2D eigenvalue weighted by molar-refractivity contribution is 9.10. The number of nitrogens with zero attached hydrogens (tertiary/aromatic N) is 1. The van der Waals surface area contributed by atoms with E-state index in [4.69, 9.17) is 5.73 Å². The molecule has 1 heterocycles. The van der Waals surface area contributed by atoms with Crippen LogP contribution in [0.2, 0.25) is 0 Å². The van der Waals surface area contributed by atoms with Gasteiger partial charge in [0.25, 0.3) is 0 Å². The number of nitrogens with two attached hydrogens (primary N) is 1. The Labute approximate surface area is 132 Å². The number of halogens is 1. The maximum atomic E-state index is 5.88. The predicted molar refractivity (Wildman–Crippen MR) is 92.4 cm³/mol. The van der Waals surface area contributed by atoms with Crippen molar-refractivity contribution in [2.24, 2.45) is 0 Å². The van der Waals surface area contributed by atoms with Crippen LogP contribution in [0.3, 0.4) is 0 Å². The van der Waals surface area contributed by atoms with E-state index in [0.717, 1.165) is 23.2 Å². The van der Waals surface area contributed by atoms with E-state index in [1.807, 2.05) is 6.07 Å². The van der Waals surface area contributed by atoms with E-state index in [-0.39, 0.29) is 0 Å². The summed E-state index contributed by atoms with van der Waals surface area (Å²) in [6.45, 7) is 1.89. The summed E-state index contributed by atoms with van der Waals surface area (Å²) >= 11 is 3.52. The third-order valence-corrected chi connectivity index (χ3v) is 4.60. The molecule has 0 saturated carbocycles. The fraction of sp³-hybridized carbons (Fsp3) is 0.111. The third kappa shape index (κ3) is 2.28. The average Bonchev–Trinajstić information content (AvgIpc) is 2.89. The Hall–Kier alpha value is -2.00. The van der Waals surface area contributed by atoms with Gasteiger partial charge in [0.05, 0.1) is 0 Å². The Kier molecular flexibility index (Phi) is 2.89.